The Morgan fingerprint density at radius 2 is 2.30 bits per heavy atom. The number of thiazole rings is 1. The van der Waals surface area contributed by atoms with Gasteiger partial charge in [-0.25, -0.2) is 4.98 Å². The Labute approximate surface area is 127 Å². The van der Waals surface area contributed by atoms with Crippen LogP contribution in [-0.4, -0.2) is 46.0 Å². The maximum Gasteiger partial charge on any atom is 0.273 e. The summed E-state index contributed by atoms with van der Waals surface area (Å²) in [5, 5.41) is 3.33. The van der Waals surface area contributed by atoms with Crippen LogP contribution in [0.25, 0.3) is 0 Å². The monoisotopic (exact) mass is 312 g/mol. The van der Waals surface area contributed by atoms with Gasteiger partial charge in [-0.15, -0.1) is 11.8 Å². The molecule has 1 atom stereocenters. The average molecular weight is 312 g/mol. The Balaban J connectivity index is 1.40. The van der Waals surface area contributed by atoms with E-state index in [1.165, 1.54) is 37.0 Å². The Hall–Kier alpha value is -0.750. The predicted octanol–water partition coefficient (Wildman–Crippen LogP) is 2.80. The second-order valence-electron chi connectivity index (χ2n) is 5.38. The third-order valence-corrected chi connectivity index (χ3v) is 5.94. The Kier molecular flexibility index (Phi) is 4.83. The van der Waals surface area contributed by atoms with Gasteiger partial charge in [0.25, 0.3) is 5.19 Å². The molecule has 0 radical (unpaired) electrons. The van der Waals surface area contributed by atoms with Crippen molar-refractivity contribution in [1.82, 2.24) is 9.88 Å². The lowest BCUT2D eigenvalue weighted by molar-refractivity contribution is -0.127. The number of thioether (sulfide) groups is 1. The second-order valence-corrected chi connectivity index (χ2v) is 7.53. The fourth-order valence-corrected chi connectivity index (χ4v) is 4.58. The Bertz CT molecular complexity index is 432. The molecule has 0 spiro atoms. The van der Waals surface area contributed by atoms with E-state index in [-0.39, 0.29) is 12.0 Å². The first-order valence-corrected chi connectivity index (χ1v) is 9.19. The lowest BCUT2D eigenvalue weighted by Gasteiger charge is -2.17. The van der Waals surface area contributed by atoms with E-state index in [9.17, 15) is 4.79 Å². The van der Waals surface area contributed by atoms with Crippen molar-refractivity contribution in [2.75, 3.05) is 18.8 Å². The van der Waals surface area contributed by atoms with Gasteiger partial charge >= 0.3 is 0 Å². The highest BCUT2D eigenvalue weighted by Crippen LogP contribution is 2.29. The van der Waals surface area contributed by atoms with Crippen LogP contribution in [0, 0.1) is 0 Å². The van der Waals surface area contributed by atoms with Gasteiger partial charge in [0, 0.05) is 29.8 Å². The first-order valence-electron chi connectivity index (χ1n) is 7.27. The van der Waals surface area contributed by atoms with Gasteiger partial charge in [0.1, 0.15) is 6.10 Å². The number of aromatic nitrogens is 1. The molecule has 1 aliphatic carbocycles. The number of carbonyl (C=O) groups excluding carboxylic acids is 1. The lowest BCUT2D eigenvalue weighted by Crippen LogP contribution is -2.32. The number of likely N-dealkylation sites (tertiary alicyclic amines) is 1. The molecule has 0 N–H and O–H groups in total. The zero-order valence-electron chi connectivity index (χ0n) is 11.5. The summed E-state index contributed by atoms with van der Waals surface area (Å²) in [5.41, 5.74) is 0. The first-order chi connectivity index (χ1) is 9.81. The summed E-state index contributed by atoms with van der Waals surface area (Å²) in [6, 6.07) is 0. The van der Waals surface area contributed by atoms with Crippen molar-refractivity contribution >= 4 is 29.0 Å². The van der Waals surface area contributed by atoms with E-state index in [0.717, 1.165) is 13.0 Å². The van der Waals surface area contributed by atoms with Gasteiger partial charge in [-0.2, -0.15) is 0 Å². The van der Waals surface area contributed by atoms with Crippen molar-refractivity contribution in [3.63, 3.8) is 0 Å². The smallest absolute Gasteiger partial charge is 0.273 e. The van der Waals surface area contributed by atoms with Gasteiger partial charge < -0.3 is 9.64 Å². The molecule has 0 aromatic carbocycles. The summed E-state index contributed by atoms with van der Waals surface area (Å²) in [4.78, 5) is 18.3. The molecule has 6 heteroatoms. The van der Waals surface area contributed by atoms with Crippen LogP contribution in [0.15, 0.2) is 11.6 Å². The van der Waals surface area contributed by atoms with Crippen LogP contribution in [0.2, 0.25) is 0 Å². The maximum atomic E-state index is 12.2. The third-order valence-electron chi connectivity index (χ3n) is 3.92. The van der Waals surface area contributed by atoms with E-state index < -0.39 is 0 Å². The van der Waals surface area contributed by atoms with Crippen molar-refractivity contribution in [3.05, 3.63) is 11.6 Å². The van der Waals surface area contributed by atoms with Crippen LogP contribution < -0.4 is 4.74 Å². The molecule has 1 saturated heterocycles. The SMILES string of the molecule is O=C(CSC1CCCC1)N1CCC(Oc2nccs2)C1. The number of nitrogens with zero attached hydrogens (tertiary/aromatic N) is 2. The minimum atomic E-state index is 0.113. The van der Waals surface area contributed by atoms with Crippen molar-refractivity contribution in [2.45, 2.75) is 43.5 Å². The molecule has 2 aliphatic rings. The molecule has 110 valence electrons. The van der Waals surface area contributed by atoms with Crippen LogP contribution in [0.4, 0.5) is 0 Å². The van der Waals surface area contributed by atoms with Gasteiger partial charge in [-0.1, -0.05) is 24.2 Å². The summed E-state index contributed by atoms with van der Waals surface area (Å²) >= 11 is 3.35. The number of rotatable bonds is 5. The number of ether oxygens (including phenoxy) is 1. The molecule has 1 aromatic heterocycles. The molecular weight excluding hydrogens is 292 g/mol. The molecule has 2 heterocycles. The summed E-state index contributed by atoms with van der Waals surface area (Å²) in [6.45, 7) is 1.53. The van der Waals surface area contributed by atoms with Crippen molar-refractivity contribution < 1.29 is 9.53 Å². The zero-order valence-corrected chi connectivity index (χ0v) is 13.1. The van der Waals surface area contributed by atoms with Gasteiger partial charge in [0.05, 0.1) is 12.3 Å². The molecule has 1 unspecified atom stereocenters. The molecular formula is C14H20N2O2S2. The van der Waals surface area contributed by atoms with Gasteiger partial charge in [0.2, 0.25) is 5.91 Å². The van der Waals surface area contributed by atoms with Crippen LogP contribution in [-0.2, 0) is 4.79 Å². The summed E-state index contributed by atoms with van der Waals surface area (Å²) in [7, 11) is 0. The largest absolute Gasteiger partial charge is 0.465 e. The van der Waals surface area contributed by atoms with Gasteiger partial charge in [0.15, 0.2) is 0 Å². The van der Waals surface area contributed by atoms with Crippen molar-refractivity contribution in [1.29, 1.82) is 0 Å². The molecule has 1 saturated carbocycles. The minimum absolute atomic E-state index is 0.113. The molecule has 0 bridgehead atoms. The molecule has 1 aromatic rings. The normalized spacial score (nSPS) is 23.4. The Morgan fingerprint density at radius 1 is 1.45 bits per heavy atom. The highest BCUT2D eigenvalue weighted by atomic mass is 32.2. The van der Waals surface area contributed by atoms with E-state index in [4.69, 9.17) is 4.74 Å². The standard InChI is InChI=1S/C14H20N2O2S2/c17-13(10-20-12-3-1-2-4-12)16-7-5-11(9-16)18-14-15-6-8-19-14/h6,8,11-12H,1-5,7,9-10H2. The van der Waals surface area contributed by atoms with E-state index in [1.807, 2.05) is 22.0 Å². The fourth-order valence-electron chi connectivity index (χ4n) is 2.80. The molecule has 20 heavy (non-hydrogen) atoms. The number of hydrogen-bond donors (Lipinski definition) is 0. The lowest BCUT2D eigenvalue weighted by atomic mass is 10.3. The highest BCUT2D eigenvalue weighted by Gasteiger charge is 2.28. The number of hydrogen-bond acceptors (Lipinski definition) is 5. The zero-order chi connectivity index (χ0) is 13.8. The van der Waals surface area contributed by atoms with Crippen molar-refractivity contribution in [3.8, 4) is 5.19 Å². The van der Waals surface area contributed by atoms with E-state index in [2.05, 4.69) is 4.98 Å². The Morgan fingerprint density at radius 3 is 3.05 bits per heavy atom. The predicted molar refractivity (Wildman–Crippen MR) is 82.4 cm³/mol. The van der Waals surface area contributed by atoms with Crippen molar-refractivity contribution in [2.24, 2.45) is 0 Å². The molecule has 1 aliphatic heterocycles. The fraction of sp³-hybridized carbons (Fsp3) is 0.714. The van der Waals surface area contributed by atoms with Crippen LogP contribution >= 0.6 is 23.1 Å². The first kappa shape index (κ1) is 14.2. The summed E-state index contributed by atoms with van der Waals surface area (Å²) in [5.74, 6) is 0.904. The molecule has 1 amide bonds. The van der Waals surface area contributed by atoms with Gasteiger partial charge in [-0.05, 0) is 12.8 Å². The number of carbonyl (C=O) groups is 1. The highest BCUT2D eigenvalue weighted by molar-refractivity contribution is 8.00. The number of amides is 1. The minimum Gasteiger partial charge on any atom is -0.465 e. The molecule has 4 nitrogen and oxygen atoms in total. The summed E-state index contributed by atoms with van der Waals surface area (Å²) < 4.78 is 5.78. The third kappa shape index (κ3) is 3.67. The van der Waals surface area contributed by atoms with E-state index in [1.54, 1.807) is 6.20 Å². The van der Waals surface area contributed by atoms with Crippen LogP contribution in [0.3, 0.4) is 0 Å². The topological polar surface area (TPSA) is 42.4 Å². The molecule has 2 fully saturated rings. The summed E-state index contributed by atoms with van der Waals surface area (Å²) in [6.07, 6.45) is 8.01. The maximum absolute atomic E-state index is 12.2. The van der Waals surface area contributed by atoms with Crippen LogP contribution in [0.1, 0.15) is 32.1 Å². The van der Waals surface area contributed by atoms with Crippen LogP contribution in [0.5, 0.6) is 5.19 Å². The van der Waals surface area contributed by atoms with Gasteiger partial charge in [-0.3, -0.25) is 4.79 Å². The second kappa shape index (κ2) is 6.80. The average Bonchev–Trinajstić information content (AvgIpc) is 3.19. The van der Waals surface area contributed by atoms with E-state index >= 15 is 0 Å². The van der Waals surface area contributed by atoms with E-state index in [0.29, 0.717) is 22.7 Å². The quantitative estimate of drug-likeness (QED) is 0.838. The molecule has 3 rings (SSSR count).